The molecule has 6 nitrogen and oxygen atoms in total. The predicted octanol–water partition coefficient (Wildman–Crippen LogP) is 2.06. The molecule has 2 amide bonds. The maximum atomic E-state index is 12.4. The summed E-state index contributed by atoms with van der Waals surface area (Å²) in [5, 5.41) is 2.75. The highest BCUT2D eigenvalue weighted by Crippen LogP contribution is 2.22. The van der Waals surface area contributed by atoms with Gasteiger partial charge in [0, 0.05) is 19.5 Å². The molecule has 23 heavy (non-hydrogen) atoms. The molecule has 0 spiro atoms. The maximum absolute atomic E-state index is 12.4. The highest BCUT2D eigenvalue weighted by molar-refractivity contribution is 6.03. The summed E-state index contributed by atoms with van der Waals surface area (Å²) in [4.78, 5) is 37.8. The number of para-hydroxylation sites is 1. The highest BCUT2D eigenvalue weighted by Gasteiger charge is 2.34. The van der Waals surface area contributed by atoms with E-state index < -0.39 is 5.97 Å². The van der Waals surface area contributed by atoms with Gasteiger partial charge in [-0.05, 0) is 18.6 Å². The van der Waals surface area contributed by atoms with Crippen LogP contribution in [0.15, 0.2) is 24.3 Å². The molecular formula is C17H22N2O4. The molecule has 1 heterocycles. The Morgan fingerprint density at radius 1 is 1.35 bits per heavy atom. The van der Waals surface area contributed by atoms with Crippen molar-refractivity contribution in [2.75, 3.05) is 25.5 Å². The van der Waals surface area contributed by atoms with E-state index in [2.05, 4.69) is 12.2 Å². The Morgan fingerprint density at radius 3 is 2.78 bits per heavy atom. The summed E-state index contributed by atoms with van der Waals surface area (Å²) in [7, 11) is 1.29. The lowest BCUT2D eigenvalue weighted by Crippen LogP contribution is -2.29. The summed E-state index contributed by atoms with van der Waals surface area (Å²) in [6.07, 6.45) is 2.16. The standard InChI is InChI=1S/C17H22N2O4/c1-3-4-9-19-11-12(10-15(19)20)16(21)18-14-8-6-5-7-13(14)17(22)23-2/h5-8,12H,3-4,9-11H2,1-2H3,(H,18,21)/t12-/m1/s1. The first-order valence-electron chi connectivity index (χ1n) is 7.82. The quantitative estimate of drug-likeness (QED) is 0.815. The number of hydrogen-bond donors (Lipinski definition) is 1. The molecule has 0 radical (unpaired) electrons. The first-order chi connectivity index (χ1) is 11.1. The largest absolute Gasteiger partial charge is 0.465 e. The first-order valence-corrected chi connectivity index (χ1v) is 7.82. The zero-order valence-electron chi connectivity index (χ0n) is 13.5. The van der Waals surface area contributed by atoms with Crippen molar-refractivity contribution < 1.29 is 19.1 Å². The molecule has 1 N–H and O–H groups in total. The van der Waals surface area contributed by atoms with Crippen LogP contribution < -0.4 is 5.32 Å². The van der Waals surface area contributed by atoms with Crippen molar-refractivity contribution in [1.82, 2.24) is 4.90 Å². The molecule has 2 rings (SSSR count). The number of unbranched alkanes of at least 4 members (excludes halogenated alkanes) is 1. The fraction of sp³-hybridized carbons (Fsp3) is 0.471. The number of amides is 2. The minimum Gasteiger partial charge on any atom is -0.465 e. The number of nitrogens with zero attached hydrogens (tertiary/aromatic N) is 1. The van der Waals surface area contributed by atoms with Crippen molar-refractivity contribution in [2.24, 2.45) is 5.92 Å². The van der Waals surface area contributed by atoms with Crippen LogP contribution in [0.5, 0.6) is 0 Å². The monoisotopic (exact) mass is 318 g/mol. The number of carbonyl (C=O) groups excluding carboxylic acids is 3. The molecule has 1 fully saturated rings. The first kappa shape index (κ1) is 17.0. The number of nitrogens with one attached hydrogen (secondary N) is 1. The van der Waals surface area contributed by atoms with Gasteiger partial charge >= 0.3 is 5.97 Å². The van der Waals surface area contributed by atoms with Crippen LogP contribution in [0.3, 0.4) is 0 Å². The third-order valence-electron chi connectivity index (χ3n) is 3.96. The summed E-state index contributed by atoms with van der Waals surface area (Å²) < 4.78 is 4.71. The van der Waals surface area contributed by atoms with E-state index in [4.69, 9.17) is 4.74 Å². The number of likely N-dealkylation sites (tertiary alicyclic amines) is 1. The normalized spacial score (nSPS) is 17.2. The number of methoxy groups -OCH3 is 1. The van der Waals surface area contributed by atoms with E-state index in [0.717, 1.165) is 12.8 Å². The smallest absolute Gasteiger partial charge is 0.339 e. The molecule has 1 aliphatic rings. The highest BCUT2D eigenvalue weighted by atomic mass is 16.5. The molecule has 6 heteroatoms. The lowest BCUT2D eigenvalue weighted by atomic mass is 10.1. The molecule has 1 aliphatic heterocycles. The second-order valence-corrected chi connectivity index (χ2v) is 5.62. The lowest BCUT2D eigenvalue weighted by molar-refractivity contribution is -0.128. The van der Waals surface area contributed by atoms with Gasteiger partial charge < -0.3 is 15.0 Å². The minimum absolute atomic E-state index is 0.0138. The molecule has 1 saturated heterocycles. The number of ether oxygens (including phenoxy) is 1. The Labute approximate surface area is 135 Å². The van der Waals surface area contributed by atoms with Gasteiger partial charge in [-0.15, -0.1) is 0 Å². The zero-order chi connectivity index (χ0) is 16.8. The van der Waals surface area contributed by atoms with Crippen molar-refractivity contribution in [3.8, 4) is 0 Å². The van der Waals surface area contributed by atoms with Crippen molar-refractivity contribution in [3.05, 3.63) is 29.8 Å². The molecule has 1 aromatic carbocycles. The summed E-state index contributed by atoms with van der Waals surface area (Å²) in [5.41, 5.74) is 0.708. The fourth-order valence-corrected chi connectivity index (χ4v) is 2.63. The third kappa shape index (κ3) is 4.09. The van der Waals surface area contributed by atoms with Crippen molar-refractivity contribution in [3.63, 3.8) is 0 Å². The Balaban J connectivity index is 2.03. The Morgan fingerprint density at radius 2 is 2.09 bits per heavy atom. The number of benzene rings is 1. The SMILES string of the molecule is CCCCN1C[C@H](C(=O)Nc2ccccc2C(=O)OC)CC1=O. The van der Waals surface area contributed by atoms with Gasteiger partial charge in [0.1, 0.15) is 0 Å². The van der Waals surface area contributed by atoms with Crippen LogP contribution in [0.1, 0.15) is 36.5 Å². The van der Waals surface area contributed by atoms with Crippen molar-refractivity contribution in [2.45, 2.75) is 26.2 Å². The molecule has 0 unspecified atom stereocenters. The number of esters is 1. The van der Waals surface area contributed by atoms with Gasteiger partial charge in [0.2, 0.25) is 11.8 Å². The third-order valence-corrected chi connectivity index (χ3v) is 3.96. The number of carbonyl (C=O) groups is 3. The Kier molecular flexibility index (Phi) is 5.73. The van der Waals surface area contributed by atoms with Gasteiger partial charge in [0.05, 0.1) is 24.3 Å². The second kappa shape index (κ2) is 7.76. The molecule has 0 bridgehead atoms. The molecule has 1 aromatic rings. The van der Waals surface area contributed by atoms with E-state index in [0.29, 0.717) is 24.3 Å². The summed E-state index contributed by atoms with van der Waals surface area (Å²) in [5.74, 6) is -1.12. The van der Waals surface area contributed by atoms with E-state index in [9.17, 15) is 14.4 Å². The van der Waals surface area contributed by atoms with Gasteiger partial charge in [-0.3, -0.25) is 9.59 Å². The van der Waals surface area contributed by atoms with Gasteiger partial charge in [-0.2, -0.15) is 0 Å². The van der Waals surface area contributed by atoms with Crippen LogP contribution in [0.2, 0.25) is 0 Å². The van der Waals surface area contributed by atoms with E-state index in [1.54, 1.807) is 29.2 Å². The van der Waals surface area contributed by atoms with E-state index in [-0.39, 0.29) is 24.2 Å². The molecular weight excluding hydrogens is 296 g/mol. The molecule has 124 valence electrons. The molecule has 0 aromatic heterocycles. The molecule has 0 aliphatic carbocycles. The predicted molar refractivity (Wildman–Crippen MR) is 86.0 cm³/mol. The van der Waals surface area contributed by atoms with Crippen LogP contribution in [-0.4, -0.2) is 42.9 Å². The topological polar surface area (TPSA) is 75.7 Å². The summed E-state index contributed by atoms with van der Waals surface area (Å²) in [6.45, 7) is 3.19. The number of anilines is 1. The number of rotatable bonds is 6. The lowest BCUT2D eigenvalue weighted by Gasteiger charge is -2.16. The van der Waals surface area contributed by atoms with Crippen LogP contribution in [0.4, 0.5) is 5.69 Å². The average Bonchev–Trinajstić information content (AvgIpc) is 2.93. The van der Waals surface area contributed by atoms with Gasteiger partial charge in [-0.25, -0.2) is 4.79 Å². The Hall–Kier alpha value is -2.37. The van der Waals surface area contributed by atoms with Crippen LogP contribution in [-0.2, 0) is 14.3 Å². The van der Waals surface area contributed by atoms with Crippen LogP contribution in [0, 0.1) is 5.92 Å². The van der Waals surface area contributed by atoms with Crippen LogP contribution in [0.25, 0.3) is 0 Å². The maximum Gasteiger partial charge on any atom is 0.339 e. The Bertz CT molecular complexity index is 600. The van der Waals surface area contributed by atoms with Crippen LogP contribution >= 0.6 is 0 Å². The summed E-state index contributed by atoms with van der Waals surface area (Å²) in [6, 6.07) is 6.67. The zero-order valence-corrected chi connectivity index (χ0v) is 13.5. The summed E-state index contributed by atoms with van der Waals surface area (Å²) >= 11 is 0. The van der Waals surface area contributed by atoms with Crippen molar-refractivity contribution in [1.29, 1.82) is 0 Å². The second-order valence-electron chi connectivity index (χ2n) is 5.62. The van der Waals surface area contributed by atoms with E-state index in [1.807, 2.05) is 0 Å². The van der Waals surface area contributed by atoms with Crippen molar-refractivity contribution >= 4 is 23.5 Å². The molecule has 1 atom stereocenters. The fourth-order valence-electron chi connectivity index (χ4n) is 2.63. The molecule has 0 saturated carbocycles. The minimum atomic E-state index is -0.507. The van der Waals surface area contributed by atoms with Gasteiger partial charge in [-0.1, -0.05) is 25.5 Å². The van der Waals surface area contributed by atoms with E-state index >= 15 is 0 Å². The van der Waals surface area contributed by atoms with Gasteiger partial charge in [0.25, 0.3) is 0 Å². The number of hydrogen-bond acceptors (Lipinski definition) is 4. The van der Waals surface area contributed by atoms with E-state index in [1.165, 1.54) is 7.11 Å². The average molecular weight is 318 g/mol. The van der Waals surface area contributed by atoms with Gasteiger partial charge in [0.15, 0.2) is 0 Å².